The normalized spacial score (nSPS) is 14.9. The lowest BCUT2D eigenvalue weighted by Gasteiger charge is -2.23. The fourth-order valence-corrected chi connectivity index (χ4v) is 3.92. The topological polar surface area (TPSA) is 116 Å². The summed E-state index contributed by atoms with van der Waals surface area (Å²) >= 11 is 0. The van der Waals surface area contributed by atoms with E-state index in [1.54, 1.807) is 30.5 Å². The van der Waals surface area contributed by atoms with Crippen molar-refractivity contribution in [3.8, 4) is 11.3 Å². The second kappa shape index (κ2) is 6.75. The standard InChI is InChI=1S/C19H18N4O4S/c1-28(26,27)14-4-2-3-13(9-14)16-11-21-18-17(22-16)15(10-20-18)12-5-7-23(8-6-12)19(24)25/h2-5,9-11H,6-8H2,1H3,(H,20,21)(H,24,25). The second-order valence-corrected chi connectivity index (χ2v) is 8.68. The quantitative estimate of drug-likeness (QED) is 0.701. The molecular weight excluding hydrogens is 380 g/mol. The molecule has 3 heterocycles. The summed E-state index contributed by atoms with van der Waals surface area (Å²) in [7, 11) is -3.32. The molecule has 0 bridgehead atoms. The Morgan fingerprint density at radius 3 is 2.82 bits per heavy atom. The fourth-order valence-electron chi connectivity index (χ4n) is 3.25. The van der Waals surface area contributed by atoms with Gasteiger partial charge in [-0.05, 0) is 24.1 Å². The van der Waals surface area contributed by atoms with Gasteiger partial charge in [-0.2, -0.15) is 0 Å². The average Bonchev–Trinajstić information content (AvgIpc) is 3.10. The molecule has 0 fully saturated rings. The number of carboxylic acid groups (broad SMARTS) is 1. The van der Waals surface area contributed by atoms with Crippen molar-refractivity contribution < 1.29 is 18.3 Å². The van der Waals surface area contributed by atoms with Gasteiger partial charge in [0.05, 0.1) is 16.8 Å². The molecule has 1 amide bonds. The van der Waals surface area contributed by atoms with Gasteiger partial charge >= 0.3 is 6.09 Å². The third kappa shape index (κ3) is 3.36. The van der Waals surface area contributed by atoms with Crippen LogP contribution in [0.4, 0.5) is 4.79 Å². The zero-order chi connectivity index (χ0) is 19.9. The number of H-pyrrole nitrogens is 1. The summed E-state index contributed by atoms with van der Waals surface area (Å²) in [6, 6.07) is 6.61. The van der Waals surface area contributed by atoms with E-state index in [0.29, 0.717) is 41.9 Å². The zero-order valence-corrected chi connectivity index (χ0v) is 15.9. The van der Waals surface area contributed by atoms with E-state index in [9.17, 15) is 13.2 Å². The van der Waals surface area contributed by atoms with Gasteiger partial charge in [0.15, 0.2) is 15.5 Å². The van der Waals surface area contributed by atoms with E-state index < -0.39 is 15.9 Å². The van der Waals surface area contributed by atoms with Crippen LogP contribution in [-0.2, 0) is 9.84 Å². The SMILES string of the molecule is CS(=O)(=O)c1cccc(-c2cnc3[nH]cc(C4=CCN(C(=O)O)CC4)c3n2)c1. The Kier molecular flexibility index (Phi) is 4.38. The van der Waals surface area contributed by atoms with Crippen molar-refractivity contribution >= 4 is 32.7 Å². The summed E-state index contributed by atoms with van der Waals surface area (Å²) in [5.41, 5.74) is 4.44. The summed E-state index contributed by atoms with van der Waals surface area (Å²) in [4.78, 5) is 24.9. The first-order valence-electron chi connectivity index (χ1n) is 8.65. The molecule has 2 N–H and O–H groups in total. The summed E-state index contributed by atoms with van der Waals surface area (Å²) in [5, 5.41) is 9.09. The second-order valence-electron chi connectivity index (χ2n) is 6.66. The molecule has 8 nitrogen and oxygen atoms in total. The van der Waals surface area contributed by atoms with E-state index >= 15 is 0 Å². The first-order valence-corrected chi connectivity index (χ1v) is 10.5. The maximum Gasteiger partial charge on any atom is 0.407 e. The first kappa shape index (κ1) is 18.2. The van der Waals surface area contributed by atoms with Gasteiger partial charge in [0.25, 0.3) is 0 Å². The lowest BCUT2D eigenvalue weighted by molar-refractivity contribution is 0.150. The van der Waals surface area contributed by atoms with Gasteiger partial charge in [0, 0.05) is 36.7 Å². The Hall–Kier alpha value is -3.20. The first-order chi connectivity index (χ1) is 13.3. The molecule has 2 aromatic heterocycles. The van der Waals surface area contributed by atoms with Crippen LogP contribution in [0.25, 0.3) is 28.0 Å². The molecule has 0 spiro atoms. The molecule has 0 aliphatic carbocycles. The number of sulfone groups is 1. The lowest BCUT2D eigenvalue weighted by atomic mass is 10.0. The summed E-state index contributed by atoms with van der Waals surface area (Å²) in [6.07, 6.45) is 6.14. The van der Waals surface area contributed by atoms with Crippen LogP contribution in [0.15, 0.2) is 47.6 Å². The Bertz CT molecular complexity index is 1210. The van der Waals surface area contributed by atoms with Crippen molar-refractivity contribution in [2.24, 2.45) is 0 Å². The van der Waals surface area contributed by atoms with Crippen LogP contribution >= 0.6 is 0 Å². The van der Waals surface area contributed by atoms with Crippen molar-refractivity contribution in [1.82, 2.24) is 19.9 Å². The van der Waals surface area contributed by atoms with Gasteiger partial charge < -0.3 is 15.0 Å². The van der Waals surface area contributed by atoms with Gasteiger partial charge in [-0.1, -0.05) is 18.2 Å². The Morgan fingerprint density at radius 1 is 1.32 bits per heavy atom. The number of nitrogens with zero attached hydrogens (tertiary/aromatic N) is 3. The summed E-state index contributed by atoms with van der Waals surface area (Å²) < 4.78 is 23.7. The average molecular weight is 398 g/mol. The van der Waals surface area contributed by atoms with Gasteiger partial charge in [-0.3, -0.25) is 0 Å². The van der Waals surface area contributed by atoms with E-state index in [2.05, 4.69) is 9.97 Å². The molecule has 1 aliphatic rings. The number of amides is 1. The molecule has 3 aromatic rings. The lowest BCUT2D eigenvalue weighted by Crippen LogP contribution is -2.33. The molecule has 0 saturated carbocycles. The minimum absolute atomic E-state index is 0.227. The number of benzene rings is 1. The molecule has 1 aliphatic heterocycles. The smallest absolute Gasteiger partial charge is 0.407 e. The number of aromatic amines is 1. The number of nitrogens with one attached hydrogen (secondary N) is 1. The predicted molar refractivity (Wildman–Crippen MR) is 105 cm³/mol. The Labute approximate surface area is 161 Å². The highest BCUT2D eigenvalue weighted by Crippen LogP contribution is 2.29. The molecule has 28 heavy (non-hydrogen) atoms. The largest absolute Gasteiger partial charge is 0.465 e. The highest BCUT2D eigenvalue weighted by Gasteiger charge is 2.20. The van der Waals surface area contributed by atoms with Crippen molar-refractivity contribution in [1.29, 1.82) is 0 Å². The molecule has 0 unspecified atom stereocenters. The van der Waals surface area contributed by atoms with Crippen LogP contribution in [-0.4, -0.2) is 58.8 Å². The molecule has 144 valence electrons. The number of carbonyl (C=O) groups is 1. The minimum Gasteiger partial charge on any atom is -0.465 e. The van der Waals surface area contributed by atoms with E-state index in [-0.39, 0.29) is 4.90 Å². The monoisotopic (exact) mass is 398 g/mol. The number of hydrogen-bond acceptors (Lipinski definition) is 5. The molecule has 0 saturated heterocycles. The van der Waals surface area contributed by atoms with Gasteiger partial charge in [0.2, 0.25) is 0 Å². The van der Waals surface area contributed by atoms with E-state index in [1.807, 2.05) is 12.3 Å². The van der Waals surface area contributed by atoms with Gasteiger partial charge in [-0.25, -0.2) is 23.2 Å². The van der Waals surface area contributed by atoms with Crippen LogP contribution in [0, 0.1) is 0 Å². The van der Waals surface area contributed by atoms with E-state index in [0.717, 1.165) is 11.1 Å². The van der Waals surface area contributed by atoms with Crippen molar-refractivity contribution in [2.75, 3.05) is 19.3 Å². The highest BCUT2D eigenvalue weighted by molar-refractivity contribution is 7.90. The molecule has 9 heteroatoms. The fraction of sp³-hybridized carbons (Fsp3) is 0.211. The summed E-state index contributed by atoms with van der Waals surface area (Å²) in [6.45, 7) is 0.762. The number of fused-ring (bicyclic) bond motifs is 1. The maximum atomic E-state index is 11.8. The number of hydrogen-bond donors (Lipinski definition) is 2. The third-order valence-electron chi connectivity index (χ3n) is 4.76. The van der Waals surface area contributed by atoms with Crippen LogP contribution in [0.3, 0.4) is 0 Å². The number of aromatic nitrogens is 3. The summed E-state index contributed by atoms with van der Waals surface area (Å²) in [5.74, 6) is 0. The van der Waals surface area contributed by atoms with Crippen LogP contribution in [0.2, 0.25) is 0 Å². The van der Waals surface area contributed by atoms with E-state index in [4.69, 9.17) is 10.1 Å². The minimum atomic E-state index is -3.32. The Balaban J connectivity index is 1.75. The maximum absolute atomic E-state index is 11.8. The highest BCUT2D eigenvalue weighted by atomic mass is 32.2. The molecule has 1 aromatic carbocycles. The van der Waals surface area contributed by atoms with E-state index in [1.165, 1.54) is 11.2 Å². The molecule has 0 atom stereocenters. The van der Waals surface area contributed by atoms with Crippen LogP contribution in [0.1, 0.15) is 12.0 Å². The van der Waals surface area contributed by atoms with Crippen molar-refractivity contribution in [2.45, 2.75) is 11.3 Å². The zero-order valence-electron chi connectivity index (χ0n) is 15.1. The van der Waals surface area contributed by atoms with Crippen LogP contribution in [0.5, 0.6) is 0 Å². The molecule has 4 rings (SSSR count). The predicted octanol–water partition coefficient (Wildman–Crippen LogP) is 2.80. The van der Waals surface area contributed by atoms with Crippen molar-refractivity contribution in [3.05, 3.63) is 48.3 Å². The Morgan fingerprint density at radius 2 is 2.14 bits per heavy atom. The van der Waals surface area contributed by atoms with Gasteiger partial charge in [0.1, 0.15) is 5.52 Å². The third-order valence-corrected chi connectivity index (χ3v) is 5.87. The van der Waals surface area contributed by atoms with Crippen molar-refractivity contribution in [3.63, 3.8) is 0 Å². The number of rotatable bonds is 3. The van der Waals surface area contributed by atoms with Crippen LogP contribution < -0.4 is 0 Å². The van der Waals surface area contributed by atoms with Gasteiger partial charge in [-0.15, -0.1) is 0 Å². The molecular formula is C19H18N4O4S. The molecule has 0 radical (unpaired) electrons.